The maximum Gasteiger partial charge on any atom is 0.240 e. The van der Waals surface area contributed by atoms with Gasteiger partial charge in [-0.3, -0.25) is 4.90 Å². The topological polar surface area (TPSA) is 65.5 Å². The Balaban J connectivity index is 1.42. The summed E-state index contributed by atoms with van der Waals surface area (Å²) >= 11 is 0. The Hall–Kier alpha value is -1.96. The van der Waals surface area contributed by atoms with Gasteiger partial charge in [-0.1, -0.05) is 12.1 Å². The lowest BCUT2D eigenvalue weighted by atomic mass is 10.1. The van der Waals surface area contributed by atoms with Crippen molar-refractivity contribution in [3.63, 3.8) is 0 Å². The predicted molar refractivity (Wildman–Crippen MR) is 112 cm³/mol. The number of hydrogen-bond donors (Lipinski definition) is 1. The smallest absolute Gasteiger partial charge is 0.240 e. The van der Waals surface area contributed by atoms with Gasteiger partial charge in [0.1, 0.15) is 5.82 Å². The number of sulfonamides is 1. The minimum Gasteiger partial charge on any atom is -0.354 e. The van der Waals surface area contributed by atoms with E-state index in [0.717, 1.165) is 56.0 Å². The number of pyridine rings is 1. The third kappa shape index (κ3) is 4.37. The lowest BCUT2D eigenvalue weighted by molar-refractivity contribution is 0.209. The van der Waals surface area contributed by atoms with Gasteiger partial charge in [-0.15, -0.1) is 0 Å². The van der Waals surface area contributed by atoms with Gasteiger partial charge >= 0.3 is 0 Å². The molecule has 7 heteroatoms. The zero-order chi connectivity index (χ0) is 19.7. The number of anilines is 1. The summed E-state index contributed by atoms with van der Waals surface area (Å²) in [5.41, 5.74) is 1.96. The molecular weight excluding hydrogens is 372 g/mol. The van der Waals surface area contributed by atoms with Crippen LogP contribution in [0.1, 0.15) is 26.7 Å². The van der Waals surface area contributed by atoms with E-state index in [0.29, 0.717) is 10.9 Å². The predicted octanol–water partition coefficient (Wildman–Crippen LogP) is 2.72. The molecule has 0 amide bonds. The molecule has 4 rings (SSSR count). The standard InChI is InChI=1S/C21H28N4O2S/c1-16(2)24-11-13-25(14-12-24)21-10-5-18(15-22-21)17-3-8-20(9-4-17)28(26,27)23-19-6-7-19/h3-5,8-10,15-16,19,23H,6-7,11-14H2,1-2H3. The van der Waals surface area contributed by atoms with Crippen LogP contribution < -0.4 is 9.62 Å². The van der Waals surface area contributed by atoms with Crippen LogP contribution in [-0.4, -0.2) is 56.6 Å². The summed E-state index contributed by atoms with van der Waals surface area (Å²) in [7, 11) is -3.40. The van der Waals surface area contributed by atoms with Crippen LogP contribution in [0.25, 0.3) is 11.1 Å². The highest BCUT2D eigenvalue weighted by molar-refractivity contribution is 7.89. The molecule has 1 aliphatic carbocycles. The van der Waals surface area contributed by atoms with Crippen molar-refractivity contribution in [2.45, 2.75) is 43.7 Å². The maximum atomic E-state index is 12.3. The second-order valence-corrected chi connectivity index (χ2v) is 9.66. The quantitative estimate of drug-likeness (QED) is 0.808. The molecule has 1 N–H and O–H groups in total. The van der Waals surface area contributed by atoms with E-state index in [-0.39, 0.29) is 6.04 Å². The number of benzene rings is 1. The number of nitrogens with zero attached hydrogens (tertiary/aromatic N) is 3. The van der Waals surface area contributed by atoms with E-state index >= 15 is 0 Å². The molecular formula is C21H28N4O2S. The molecule has 1 aliphatic heterocycles. The third-order valence-corrected chi connectivity index (χ3v) is 7.05. The molecule has 1 aromatic carbocycles. The molecule has 2 heterocycles. The summed E-state index contributed by atoms with van der Waals surface area (Å²) in [6.07, 6.45) is 3.74. The van der Waals surface area contributed by atoms with Gasteiger partial charge in [-0.25, -0.2) is 18.1 Å². The van der Waals surface area contributed by atoms with Gasteiger partial charge in [0, 0.05) is 50.0 Å². The minimum atomic E-state index is -3.40. The van der Waals surface area contributed by atoms with Gasteiger partial charge in [-0.2, -0.15) is 0 Å². The van der Waals surface area contributed by atoms with Gasteiger partial charge in [0.25, 0.3) is 0 Å². The molecule has 150 valence electrons. The van der Waals surface area contributed by atoms with Gasteiger partial charge in [-0.05, 0) is 56.5 Å². The molecule has 6 nitrogen and oxygen atoms in total. The highest BCUT2D eigenvalue weighted by Gasteiger charge is 2.27. The van der Waals surface area contributed by atoms with E-state index in [1.807, 2.05) is 18.3 Å². The summed E-state index contributed by atoms with van der Waals surface area (Å²) in [5, 5.41) is 0. The molecule has 2 aliphatic rings. The lowest BCUT2D eigenvalue weighted by Gasteiger charge is -2.37. The van der Waals surface area contributed by atoms with E-state index in [9.17, 15) is 8.42 Å². The summed E-state index contributed by atoms with van der Waals surface area (Å²) < 4.78 is 27.3. The Morgan fingerprint density at radius 2 is 1.61 bits per heavy atom. The Labute approximate surface area is 167 Å². The van der Waals surface area contributed by atoms with Gasteiger partial charge in [0.2, 0.25) is 10.0 Å². The molecule has 0 unspecified atom stereocenters. The van der Waals surface area contributed by atoms with Gasteiger partial charge < -0.3 is 4.90 Å². The maximum absolute atomic E-state index is 12.3. The first-order valence-electron chi connectivity index (χ1n) is 10.0. The zero-order valence-corrected chi connectivity index (χ0v) is 17.3. The van der Waals surface area contributed by atoms with Crippen LogP contribution in [0.3, 0.4) is 0 Å². The zero-order valence-electron chi connectivity index (χ0n) is 16.5. The summed E-state index contributed by atoms with van der Waals surface area (Å²) in [6, 6.07) is 11.8. The largest absolute Gasteiger partial charge is 0.354 e. The third-order valence-electron chi connectivity index (χ3n) is 5.51. The second-order valence-electron chi connectivity index (χ2n) is 7.94. The van der Waals surface area contributed by atoms with Crippen LogP contribution in [0.4, 0.5) is 5.82 Å². The van der Waals surface area contributed by atoms with Crippen LogP contribution in [0.15, 0.2) is 47.5 Å². The Bertz CT molecular complexity index is 898. The molecule has 1 aromatic heterocycles. The molecule has 0 bridgehead atoms. The summed E-state index contributed by atoms with van der Waals surface area (Å²) in [5.74, 6) is 1.000. The van der Waals surface area contributed by atoms with E-state index in [1.165, 1.54) is 0 Å². The number of piperazine rings is 1. The van der Waals surface area contributed by atoms with Crippen molar-refractivity contribution in [2.24, 2.45) is 0 Å². The molecule has 1 saturated heterocycles. The van der Waals surface area contributed by atoms with Gasteiger partial charge in [0.15, 0.2) is 0 Å². The highest BCUT2D eigenvalue weighted by atomic mass is 32.2. The summed E-state index contributed by atoms with van der Waals surface area (Å²) in [4.78, 5) is 9.77. The number of hydrogen-bond acceptors (Lipinski definition) is 5. The fraction of sp³-hybridized carbons (Fsp3) is 0.476. The highest BCUT2D eigenvalue weighted by Crippen LogP contribution is 2.25. The number of rotatable bonds is 6. The van der Waals surface area contributed by atoms with Crippen LogP contribution in [-0.2, 0) is 10.0 Å². The van der Waals surface area contributed by atoms with Crippen molar-refractivity contribution in [1.82, 2.24) is 14.6 Å². The average molecular weight is 401 g/mol. The van der Waals surface area contributed by atoms with E-state index in [4.69, 9.17) is 0 Å². The van der Waals surface area contributed by atoms with Crippen LogP contribution in [0, 0.1) is 0 Å². The second kappa shape index (κ2) is 7.81. The van der Waals surface area contributed by atoms with Crippen LogP contribution in [0.2, 0.25) is 0 Å². The minimum absolute atomic E-state index is 0.115. The molecule has 0 atom stereocenters. The molecule has 2 aromatic rings. The summed E-state index contributed by atoms with van der Waals surface area (Å²) in [6.45, 7) is 8.58. The first-order chi connectivity index (χ1) is 13.4. The van der Waals surface area contributed by atoms with Crippen LogP contribution >= 0.6 is 0 Å². The SMILES string of the molecule is CC(C)N1CCN(c2ccc(-c3ccc(S(=O)(=O)NC4CC4)cc3)cn2)CC1. The first kappa shape index (κ1) is 19.4. The Morgan fingerprint density at radius 3 is 2.14 bits per heavy atom. The van der Waals surface area contributed by atoms with Crippen molar-refractivity contribution in [3.05, 3.63) is 42.6 Å². The molecule has 0 radical (unpaired) electrons. The molecule has 1 saturated carbocycles. The van der Waals surface area contributed by atoms with Crippen molar-refractivity contribution in [3.8, 4) is 11.1 Å². The van der Waals surface area contributed by atoms with Crippen molar-refractivity contribution < 1.29 is 8.42 Å². The van der Waals surface area contributed by atoms with Crippen molar-refractivity contribution >= 4 is 15.8 Å². The van der Waals surface area contributed by atoms with E-state index in [1.54, 1.807) is 12.1 Å². The Morgan fingerprint density at radius 1 is 0.964 bits per heavy atom. The molecule has 0 spiro atoms. The van der Waals surface area contributed by atoms with Crippen molar-refractivity contribution in [1.29, 1.82) is 0 Å². The molecule has 2 fully saturated rings. The monoisotopic (exact) mass is 400 g/mol. The fourth-order valence-electron chi connectivity index (χ4n) is 3.53. The average Bonchev–Trinajstić information content (AvgIpc) is 3.52. The van der Waals surface area contributed by atoms with E-state index in [2.05, 4.69) is 45.5 Å². The fourth-order valence-corrected chi connectivity index (χ4v) is 4.83. The lowest BCUT2D eigenvalue weighted by Crippen LogP contribution is -2.49. The number of nitrogens with one attached hydrogen (secondary N) is 1. The van der Waals surface area contributed by atoms with E-state index < -0.39 is 10.0 Å². The first-order valence-corrected chi connectivity index (χ1v) is 11.5. The number of aromatic nitrogens is 1. The normalized spacial score (nSPS) is 18.6. The van der Waals surface area contributed by atoms with Gasteiger partial charge in [0.05, 0.1) is 4.90 Å². The van der Waals surface area contributed by atoms with Crippen molar-refractivity contribution in [2.75, 3.05) is 31.1 Å². The van der Waals surface area contributed by atoms with Crippen LogP contribution in [0.5, 0.6) is 0 Å². The Kier molecular flexibility index (Phi) is 5.40. The molecule has 28 heavy (non-hydrogen) atoms.